The fourth-order valence-corrected chi connectivity index (χ4v) is 2.56. The fourth-order valence-electron chi connectivity index (χ4n) is 2.56. The van der Waals surface area contributed by atoms with Gasteiger partial charge < -0.3 is 14.6 Å². The number of fused-ring (bicyclic) bond motifs is 1. The van der Waals surface area contributed by atoms with Crippen LogP contribution < -0.4 is 4.74 Å². The van der Waals surface area contributed by atoms with E-state index in [1.807, 2.05) is 12.3 Å². The molecule has 2 aromatic rings. The van der Waals surface area contributed by atoms with Gasteiger partial charge in [0.05, 0.1) is 26.9 Å². The number of imidazole rings is 1. The van der Waals surface area contributed by atoms with Gasteiger partial charge in [0.15, 0.2) is 5.69 Å². The Balaban J connectivity index is 2.04. The van der Waals surface area contributed by atoms with Gasteiger partial charge in [-0.15, -0.1) is 0 Å². The molecule has 0 amide bonds. The molecule has 0 aliphatic carbocycles. The van der Waals surface area contributed by atoms with Crippen molar-refractivity contribution in [3.05, 3.63) is 29.8 Å². The lowest BCUT2D eigenvalue weighted by molar-refractivity contribution is 0.0329. The molecule has 3 rings (SSSR count). The molecule has 21 heavy (non-hydrogen) atoms. The number of nitrogens with zero attached hydrogens (tertiary/aromatic N) is 3. The van der Waals surface area contributed by atoms with E-state index in [1.54, 1.807) is 10.5 Å². The van der Waals surface area contributed by atoms with Crippen LogP contribution in [0.25, 0.3) is 5.52 Å². The second-order valence-electron chi connectivity index (χ2n) is 4.87. The molecule has 1 saturated heterocycles. The molecule has 112 valence electrons. The Kier molecular flexibility index (Phi) is 3.76. The Hall–Kier alpha value is -2.12. The molecule has 0 spiro atoms. The lowest BCUT2D eigenvalue weighted by Crippen LogP contribution is -2.36. The number of morpholine rings is 1. The molecule has 0 radical (unpaired) electrons. The van der Waals surface area contributed by atoms with Crippen molar-refractivity contribution < 1.29 is 19.4 Å². The van der Waals surface area contributed by atoms with Crippen LogP contribution in [0.2, 0.25) is 0 Å². The van der Waals surface area contributed by atoms with Gasteiger partial charge >= 0.3 is 5.97 Å². The number of ether oxygens (including phenoxy) is 2. The van der Waals surface area contributed by atoms with Gasteiger partial charge in [0.25, 0.3) is 0 Å². The van der Waals surface area contributed by atoms with Crippen molar-refractivity contribution in [1.82, 2.24) is 14.3 Å². The molecule has 7 nitrogen and oxygen atoms in total. The quantitative estimate of drug-likeness (QED) is 0.901. The molecule has 2 aromatic heterocycles. The SMILES string of the molecule is COc1cccn2c(CN3CCOCC3)nc(C(=O)O)c12. The molecule has 1 aliphatic heterocycles. The van der Waals surface area contributed by atoms with Gasteiger partial charge in [-0.1, -0.05) is 0 Å². The molecule has 1 aliphatic rings. The summed E-state index contributed by atoms with van der Waals surface area (Å²) >= 11 is 0. The number of hydrogen-bond donors (Lipinski definition) is 1. The number of carboxylic acids is 1. The third-order valence-corrected chi connectivity index (χ3v) is 3.59. The third kappa shape index (κ3) is 2.57. The highest BCUT2D eigenvalue weighted by atomic mass is 16.5. The second kappa shape index (κ2) is 5.71. The van der Waals surface area contributed by atoms with Crippen LogP contribution in [0.4, 0.5) is 0 Å². The van der Waals surface area contributed by atoms with Crippen LogP contribution in [0.3, 0.4) is 0 Å². The molecular formula is C14H17N3O4. The van der Waals surface area contributed by atoms with Gasteiger partial charge in [0.2, 0.25) is 0 Å². The van der Waals surface area contributed by atoms with Gasteiger partial charge in [-0.05, 0) is 12.1 Å². The normalized spacial score (nSPS) is 16.2. The average molecular weight is 291 g/mol. The van der Waals surface area contributed by atoms with E-state index in [0.29, 0.717) is 36.8 Å². The number of pyridine rings is 1. The first-order chi connectivity index (χ1) is 10.2. The molecule has 0 saturated carbocycles. The summed E-state index contributed by atoms with van der Waals surface area (Å²) in [5.74, 6) is 0.157. The minimum atomic E-state index is -1.05. The maximum absolute atomic E-state index is 11.4. The Labute approximate surface area is 121 Å². The van der Waals surface area contributed by atoms with Crippen molar-refractivity contribution in [3.8, 4) is 5.75 Å². The van der Waals surface area contributed by atoms with Crippen molar-refractivity contribution in [2.24, 2.45) is 0 Å². The van der Waals surface area contributed by atoms with Crippen molar-refractivity contribution >= 4 is 11.5 Å². The summed E-state index contributed by atoms with van der Waals surface area (Å²) in [5, 5.41) is 9.36. The Morgan fingerprint density at radius 2 is 2.24 bits per heavy atom. The highest BCUT2D eigenvalue weighted by molar-refractivity contribution is 5.95. The van der Waals surface area contributed by atoms with Gasteiger partial charge in [-0.2, -0.15) is 0 Å². The van der Waals surface area contributed by atoms with Crippen LogP contribution in [0.5, 0.6) is 5.75 Å². The average Bonchev–Trinajstić information content (AvgIpc) is 2.87. The maximum Gasteiger partial charge on any atom is 0.356 e. The predicted octanol–water partition coefficient (Wildman–Crippen LogP) is 0.873. The Bertz CT molecular complexity index is 662. The molecule has 0 atom stereocenters. The van der Waals surface area contributed by atoms with Crippen molar-refractivity contribution in [3.63, 3.8) is 0 Å². The first-order valence-electron chi connectivity index (χ1n) is 6.78. The molecular weight excluding hydrogens is 274 g/mol. The van der Waals surface area contributed by atoms with E-state index < -0.39 is 5.97 Å². The lowest BCUT2D eigenvalue weighted by Gasteiger charge is -2.25. The number of hydrogen-bond acceptors (Lipinski definition) is 5. The van der Waals surface area contributed by atoms with Crippen LogP contribution in [-0.2, 0) is 11.3 Å². The number of rotatable bonds is 4. The van der Waals surface area contributed by atoms with E-state index in [9.17, 15) is 9.90 Å². The monoisotopic (exact) mass is 291 g/mol. The van der Waals surface area contributed by atoms with Gasteiger partial charge in [-0.25, -0.2) is 9.78 Å². The molecule has 0 unspecified atom stereocenters. The smallest absolute Gasteiger partial charge is 0.356 e. The van der Waals surface area contributed by atoms with Crippen LogP contribution >= 0.6 is 0 Å². The maximum atomic E-state index is 11.4. The molecule has 0 aromatic carbocycles. The van der Waals surface area contributed by atoms with Crippen molar-refractivity contribution in [2.75, 3.05) is 33.4 Å². The molecule has 3 heterocycles. The standard InChI is InChI=1S/C14H17N3O4/c1-20-10-3-2-4-17-11(9-16-5-7-21-8-6-16)15-12(13(10)17)14(18)19/h2-4H,5-9H2,1H3,(H,18,19). The van der Waals surface area contributed by atoms with E-state index in [1.165, 1.54) is 7.11 Å². The number of aromatic nitrogens is 2. The summed E-state index contributed by atoms with van der Waals surface area (Å²) in [6.07, 6.45) is 1.81. The highest BCUT2D eigenvalue weighted by Gasteiger charge is 2.22. The van der Waals surface area contributed by atoms with Crippen molar-refractivity contribution in [1.29, 1.82) is 0 Å². The molecule has 7 heteroatoms. The number of aromatic carboxylic acids is 1. The topological polar surface area (TPSA) is 76.3 Å². The predicted molar refractivity (Wildman–Crippen MR) is 74.8 cm³/mol. The third-order valence-electron chi connectivity index (χ3n) is 3.59. The van der Waals surface area contributed by atoms with E-state index >= 15 is 0 Å². The minimum absolute atomic E-state index is 0.0238. The molecule has 1 fully saturated rings. The summed E-state index contributed by atoms with van der Waals surface area (Å²) in [6.45, 7) is 3.62. The summed E-state index contributed by atoms with van der Waals surface area (Å²) in [7, 11) is 1.52. The van der Waals surface area contributed by atoms with Gasteiger partial charge in [0.1, 0.15) is 17.1 Å². The summed E-state index contributed by atoms with van der Waals surface area (Å²) in [5.41, 5.74) is 0.520. The highest BCUT2D eigenvalue weighted by Crippen LogP contribution is 2.25. The zero-order chi connectivity index (χ0) is 14.8. The van der Waals surface area contributed by atoms with E-state index in [-0.39, 0.29) is 5.69 Å². The summed E-state index contributed by atoms with van der Waals surface area (Å²) in [4.78, 5) is 17.9. The summed E-state index contributed by atoms with van der Waals surface area (Å²) < 4.78 is 12.4. The van der Waals surface area contributed by atoms with Crippen LogP contribution in [-0.4, -0.2) is 58.8 Å². The number of carboxylic acid groups (broad SMARTS) is 1. The molecule has 0 bridgehead atoms. The van der Waals surface area contributed by atoms with Gasteiger partial charge in [-0.3, -0.25) is 9.30 Å². The van der Waals surface area contributed by atoms with Crippen LogP contribution in [0.1, 0.15) is 16.3 Å². The first kappa shape index (κ1) is 13.8. The summed E-state index contributed by atoms with van der Waals surface area (Å²) in [6, 6.07) is 3.56. The minimum Gasteiger partial charge on any atom is -0.494 e. The van der Waals surface area contributed by atoms with Crippen LogP contribution in [0.15, 0.2) is 18.3 Å². The van der Waals surface area contributed by atoms with Gasteiger partial charge in [0, 0.05) is 19.3 Å². The largest absolute Gasteiger partial charge is 0.494 e. The van der Waals surface area contributed by atoms with E-state index in [2.05, 4.69) is 9.88 Å². The van der Waals surface area contributed by atoms with Crippen LogP contribution in [0, 0.1) is 0 Å². The first-order valence-corrected chi connectivity index (χ1v) is 6.78. The van der Waals surface area contributed by atoms with E-state index in [4.69, 9.17) is 9.47 Å². The zero-order valence-corrected chi connectivity index (χ0v) is 11.8. The zero-order valence-electron chi connectivity index (χ0n) is 11.8. The Morgan fingerprint density at radius 1 is 1.48 bits per heavy atom. The number of methoxy groups -OCH3 is 1. The second-order valence-corrected chi connectivity index (χ2v) is 4.87. The van der Waals surface area contributed by atoms with Crippen molar-refractivity contribution in [2.45, 2.75) is 6.54 Å². The Morgan fingerprint density at radius 3 is 2.90 bits per heavy atom. The fraction of sp³-hybridized carbons (Fsp3) is 0.429. The number of carbonyl (C=O) groups is 1. The molecule has 1 N–H and O–H groups in total. The van der Waals surface area contributed by atoms with E-state index in [0.717, 1.165) is 13.1 Å². The lowest BCUT2D eigenvalue weighted by atomic mass is 10.3.